The molecule has 9 heteroatoms. The molecule has 1 aliphatic heterocycles. The quantitative estimate of drug-likeness (QED) is 0.358. The second-order valence-corrected chi connectivity index (χ2v) is 12.2. The van der Waals surface area contributed by atoms with Crippen LogP contribution in [-0.2, 0) is 21.2 Å². The molecule has 2 atom stereocenters. The fourth-order valence-electron chi connectivity index (χ4n) is 4.49. The van der Waals surface area contributed by atoms with Crippen LogP contribution in [0.1, 0.15) is 42.3 Å². The van der Waals surface area contributed by atoms with E-state index in [0.29, 0.717) is 24.5 Å². The number of sulfonamides is 1. The van der Waals surface area contributed by atoms with Crippen molar-refractivity contribution in [1.82, 2.24) is 9.21 Å². The van der Waals surface area contributed by atoms with Gasteiger partial charge in [-0.25, -0.2) is 8.42 Å². The Morgan fingerprint density at radius 2 is 1.89 bits per heavy atom. The highest BCUT2D eigenvalue weighted by molar-refractivity contribution is 7.89. The van der Waals surface area contributed by atoms with Gasteiger partial charge in [0.2, 0.25) is 15.9 Å². The van der Waals surface area contributed by atoms with Gasteiger partial charge in [-0.05, 0) is 68.0 Å². The minimum Gasteiger partial charge on any atom is -0.497 e. The summed E-state index contributed by atoms with van der Waals surface area (Å²) in [6, 6.07) is 15.5. The van der Waals surface area contributed by atoms with Gasteiger partial charge in [0.25, 0.3) is 0 Å². The summed E-state index contributed by atoms with van der Waals surface area (Å²) in [4.78, 5) is 17.0. The number of benzene rings is 2. The van der Waals surface area contributed by atoms with Crippen molar-refractivity contribution in [2.24, 2.45) is 0 Å². The van der Waals surface area contributed by atoms with Crippen molar-refractivity contribution in [3.63, 3.8) is 0 Å². The zero-order valence-corrected chi connectivity index (χ0v) is 23.3. The van der Waals surface area contributed by atoms with Crippen molar-refractivity contribution in [3.05, 3.63) is 76.0 Å². The van der Waals surface area contributed by atoms with Crippen molar-refractivity contribution in [3.8, 4) is 11.5 Å². The normalized spacial score (nSPS) is 16.4. The number of fused-ring (bicyclic) bond motifs is 1. The molecule has 0 saturated carbocycles. The third-order valence-corrected chi connectivity index (χ3v) is 9.84. The van der Waals surface area contributed by atoms with Crippen molar-refractivity contribution in [2.45, 2.75) is 50.6 Å². The highest BCUT2D eigenvalue weighted by Gasteiger charge is 2.36. The van der Waals surface area contributed by atoms with Crippen LogP contribution in [0.4, 0.5) is 0 Å². The Morgan fingerprint density at radius 3 is 2.59 bits per heavy atom. The van der Waals surface area contributed by atoms with E-state index in [1.54, 1.807) is 47.6 Å². The first kappa shape index (κ1) is 27.2. The summed E-state index contributed by atoms with van der Waals surface area (Å²) in [6.07, 6.45) is 1.33. The number of rotatable bonds is 10. The number of amides is 1. The van der Waals surface area contributed by atoms with Crippen molar-refractivity contribution >= 4 is 27.3 Å². The molecule has 7 nitrogen and oxygen atoms in total. The summed E-state index contributed by atoms with van der Waals surface area (Å²) in [5.41, 5.74) is 2.04. The summed E-state index contributed by atoms with van der Waals surface area (Å²) in [5.74, 6) is 1.11. The Hall–Kier alpha value is -2.88. The van der Waals surface area contributed by atoms with Crippen LogP contribution in [0.15, 0.2) is 64.9 Å². The minimum absolute atomic E-state index is 0.197. The number of aryl methyl sites for hydroxylation is 1. The van der Waals surface area contributed by atoms with Gasteiger partial charge in [0.05, 0.1) is 24.6 Å². The van der Waals surface area contributed by atoms with E-state index in [0.717, 1.165) is 17.5 Å². The predicted molar refractivity (Wildman–Crippen MR) is 146 cm³/mol. The van der Waals surface area contributed by atoms with Gasteiger partial charge in [-0.3, -0.25) is 4.79 Å². The number of nitrogens with zero attached hydrogens (tertiary/aromatic N) is 2. The standard InChI is InChI=1S/C28H34N2O5S2/c1-5-21(3)30(37(32,33)24-11-9-20(2)10-12-24)18-28(31)29-15-13-27-25(14-16-36-27)26(29)19-35-23-8-6-7-22(17-23)34-4/h6-12,14,16-17,21,26H,5,13,15,18-19H2,1-4H3. The molecule has 198 valence electrons. The van der Waals surface area contributed by atoms with Gasteiger partial charge in [0, 0.05) is 23.5 Å². The lowest BCUT2D eigenvalue weighted by Crippen LogP contribution is -2.49. The number of ether oxygens (including phenoxy) is 2. The molecule has 0 spiro atoms. The first-order chi connectivity index (χ1) is 17.7. The molecule has 0 N–H and O–H groups in total. The van der Waals surface area contributed by atoms with E-state index in [1.165, 1.54) is 9.18 Å². The number of hydrogen-bond donors (Lipinski definition) is 0. The summed E-state index contributed by atoms with van der Waals surface area (Å²) in [6.45, 7) is 6.23. The highest BCUT2D eigenvalue weighted by atomic mass is 32.2. The number of methoxy groups -OCH3 is 1. The molecule has 0 saturated heterocycles. The molecule has 4 rings (SSSR count). The highest BCUT2D eigenvalue weighted by Crippen LogP contribution is 2.34. The maximum absolute atomic E-state index is 13.8. The van der Waals surface area contributed by atoms with Crippen LogP contribution in [0.3, 0.4) is 0 Å². The lowest BCUT2D eigenvalue weighted by atomic mass is 10.0. The van der Waals surface area contributed by atoms with Crippen LogP contribution >= 0.6 is 11.3 Å². The zero-order chi connectivity index (χ0) is 26.6. The van der Waals surface area contributed by atoms with Gasteiger partial charge in [-0.2, -0.15) is 4.31 Å². The van der Waals surface area contributed by atoms with E-state index >= 15 is 0 Å². The maximum Gasteiger partial charge on any atom is 0.243 e. The van der Waals surface area contributed by atoms with Gasteiger partial charge in [-0.1, -0.05) is 30.7 Å². The van der Waals surface area contributed by atoms with E-state index in [4.69, 9.17) is 9.47 Å². The van der Waals surface area contributed by atoms with Crippen LogP contribution in [-0.4, -0.2) is 56.4 Å². The molecule has 37 heavy (non-hydrogen) atoms. The van der Waals surface area contributed by atoms with Gasteiger partial charge >= 0.3 is 0 Å². The molecule has 0 aliphatic carbocycles. The van der Waals surface area contributed by atoms with Crippen molar-refractivity contribution < 1.29 is 22.7 Å². The smallest absolute Gasteiger partial charge is 0.243 e. The van der Waals surface area contributed by atoms with Gasteiger partial charge < -0.3 is 14.4 Å². The van der Waals surface area contributed by atoms with Crippen LogP contribution in [0, 0.1) is 6.92 Å². The lowest BCUT2D eigenvalue weighted by Gasteiger charge is -2.37. The Balaban J connectivity index is 1.58. The third-order valence-electron chi connectivity index (χ3n) is 6.87. The molecule has 1 amide bonds. The molecular formula is C28H34N2O5S2. The average molecular weight is 543 g/mol. The number of carbonyl (C=O) groups is 1. The molecule has 0 bridgehead atoms. The molecular weight excluding hydrogens is 508 g/mol. The molecule has 0 fully saturated rings. The Morgan fingerprint density at radius 1 is 1.16 bits per heavy atom. The summed E-state index contributed by atoms with van der Waals surface area (Å²) in [7, 11) is -2.25. The van der Waals surface area contributed by atoms with Crippen LogP contribution in [0.5, 0.6) is 11.5 Å². The predicted octanol–water partition coefficient (Wildman–Crippen LogP) is 5.06. The van der Waals surface area contributed by atoms with Gasteiger partial charge in [0.15, 0.2) is 0 Å². The van der Waals surface area contributed by atoms with E-state index in [2.05, 4.69) is 0 Å². The fourth-order valence-corrected chi connectivity index (χ4v) is 7.07. The zero-order valence-electron chi connectivity index (χ0n) is 21.7. The Kier molecular flexibility index (Phi) is 8.56. The third kappa shape index (κ3) is 6.00. The van der Waals surface area contributed by atoms with E-state index in [9.17, 15) is 13.2 Å². The average Bonchev–Trinajstić information content (AvgIpc) is 3.39. The summed E-state index contributed by atoms with van der Waals surface area (Å²) < 4.78 is 39.9. The molecule has 1 aromatic heterocycles. The molecule has 0 radical (unpaired) electrons. The largest absolute Gasteiger partial charge is 0.497 e. The van der Waals surface area contributed by atoms with Gasteiger partial charge in [0.1, 0.15) is 18.1 Å². The van der Waals surface area contributed by atoms with E-state index in [1.807, 2.05) is 56.5 Å². The summed E-state index contributed by atoms with van der Waals surface area (Å²) in [5, 5.41) is 2.03. The van der Waals surface area contributed by atoms with Crippen molar-refractivity contribution in [1.29, 1.82) is 0 Å². The second-order valence-electron chi connectivity index (χ2n) is 9.26. The SMILES string of the molecule is CCC(C)N(CC(=O)N1CCc2sccc2C1COc1cccc(OC)c1)S(=O)(=O)c1ccc(C)cc1. The molecule has 1 aliphatic rings. The van der Waals surface area contributed by atoms with Crippen LogP contribution in [0.25, 0.3) is 0 Å². The molecule has 2 unspecified atom stereocenters. The maximum atomic E-state index is 13.8. The summed E-state index contributed by atoms with van der Waals surface area (Å²) >= 11 is 1.68. The first-order valence-corrected chi connectivity index (χ1v) is 14.8. The minimum atomic E-state index is -3.85. The topological polar surface area (TPSA) is 76.2 Å². The van der Waals surface area contributed by atoms with E-state index < -0.39 is 10.0 Å². The molecule has 3 aromatic rings. The Labute approximate surface area is 223 Å². The monoisotopic (exact) mass is 542 g/mol. The fraction of sp³-hybridized carbons (Fsp3) is 0.393. The molecule has 2 aromatic carbocycles. The van der Waals surface area contributed by atoms with Crippen LogP contribution in [0.2, 0.25) is 0 Å². The number of carbonyl (C=O) groups excluding carboxylic acids is 1. The number of thiophene rings is 1. The first-order valence-electron chi connectivity index (χ1n) is 12.5. The lowest BCUT2D eigenvalue weighted by molar-refractivity contribution is -0.135. The van der Waals surface area contributed by atoms with E-state index in [-0.39, 0.29) is 36.0 Å². The van der Waals surface area contributed by atoms with Crippen LogP contribution < -0.4 is 9.47 Å². The second kappa shape index (κ2) is 11.7. The molecule has 2 heterocycles. The van der Waals surface area contributed by atoms with Gasteiger partial charge in [-0.15, -0.1) is 11.3 Å². The Bertz CT molecular complexity index is 1320. The number of hydrogen-bond acceptors (Lipinski definition) is 6. The van der Waals surface area contributed by atoms with Crippen molar-refractivity contribution in [2.75, 3.05) is 26.8 Å².